The fraction of sp³-hybridized carbons (Fsp3) is 0.278. The molecule has 1 aromatic heterocycles. The van der Waals surface area contributed by atoms with Gasteiger partial charge in [0.05, 0.1) is 12.2 Å². The smallest absolute Gasteiger partial charge is 0.471 e. The van der Waals surface area contributed by atoms with Gasteiger partial charge in [0.15, 0.2) is 6.29 Å². The van der Waals surface area contributed by atoms with Gasteiger partial charge in [-0.05, 0) is 31.5 Å². The number of amides is 1. The molecule has 1 unspecified atom stereocenters. The fourth-order valence-electron chi connectivity index (χ4n) is 2.26. The Morgan fingerprint density at radius 3 is 2.35 bits per heavy atom. The predicted molar refractivity (Wildman–Crippen MR) is 87.8 cm³/mol. The number of aromatic nitrogens is 1. The van der Waals surface area contributed by atoms with Crippen LogP contribution in [0.1, 0.15) is 34.6 Å². The highest BCUT2D eigenvalue weighted by atomic mass is 19.4. The fourth-order valence-corrected chi connectivity index (χ4v) is 2.26. The minimum atomic E-state index is -4.99. The average Bonchev–Trinajstić information content (AvgIpc) is 2.60. The average molecular weight is 366 g/mol. The van der Waals surface area contributed by atoms with Gasteiger partial charge in [-0.1, -0.05) is 29.8 Å². The van der Waals surface area contributed by atoms with Crippen LogP contribution in [0.15, 0.2) is 42.6 Å². The zero-order valence-electron chi connectivity index (χ0n) is 14.1. The van der Waals surface area contributed by atoms with Gasteiger partial charge in [0.2, 0.25) is 0 Å². The number of aldehydes is 1. The van der Waals surface area contributed by atoms with Crippen LogP contribution in [-0.2, 0) is 4.79 Å². The van der Waals surface area contributed by atoms with Crippen LogP contribution in [-0.4, -0.2) is 29.4 Å². The number of alkyl halides is 3. The lowest BCUT2D eigenvalue weighted by Crippen LogP contribution is -2.45. The van der Waals surface area contributed by atoms with Gasteiger partial charge in [0.1, 0.15) is 17.5 Å². The first-order chi connectivity index (χ1) is 12.2. The molecule has 0 aliphatic heterocycles. The number of nitrogens with one attached hydrogen (secondary N) is 1. The van der Waals surface area contributed by atoms with Gasteiger partial charge in [-0.2, -0.15) is 13.2 Å². The Bertz CT molecular complexity index is 759. The van der Waals surface area contributed by atoms with Gasteiger partial charge in [0, 0.05) is 0 Å². The molecule has 0 aliphatic carbocycles. The molecule has 1 amide bonds. The number of carbonyl (C=O) groups is 2. The van der Waals surface area contributed by atoms with Crippen LogP contribution in [0.4, 0.5) is 13.2 Å². The molecule has 5 nitrogen and oxygen atoms in total. The molecule has 0 saturated carbocycles. The zero-order chi connectivity index (χ0) is 19.3. The summed E-state index contributed by atoms with van der Waals surface area (Å²) in [5, 5.41) is 1.91. The molecule has 2 atom stereocenters. The van der Waals surface area contributed by atoms with E-state index in [-0.39, 0.29) is 11.4 Å². The molecule has 2 rings (SSSR count). The molecule has 2 aromatic rings. The Hall–Kier alpha value is -2.90. The number of rotatable bonds is 6. The van der Waals surface area contributed by atoms with Gasteiger partial charge >= 0.3 is 12.1 Å². The van der Waals surface area contributed by atoms with Crippen LogP contribution in [0.2, 0.25) is 0 Å². The molecule has 0 spiro atoms. The van der Waals surface area contributed by atoms with Crippen molar-refractivity contribution in [3.8, 4) is 5.75 Å². The lowest BCUT2D eigenvalue weighted by atomic mass is 10.0. The second-order valence-electron chi connectivity index (χ2n) is 5.75. The molecule has 1 heterocycles. The number of pyridine rings is 1. The van der Waals surface area contributed by atoms with Crippen molar-refractivity contribution >= 4 is 12.2 Å². The highest BCUT2D eigenvalue weighted by Crippen LogP contribution is 2.26. The predicted octanol–water partition coefficient (Wildman–Crippen LogP) is 3.39. The SMILES string of the molecule is Cc1ccc([C@@H](Oc2ccc(C=O)nc2)C(C)NC(=O)C(F)(F)F)cc1. The third-order valence-corrected chi connectivity index (χ3v) is 3.62. The highest BCUT2D eigenvalue weighted by molar-refractivity contribution is 5.82. The summed E-state index contributed by atoms with van der Waals surface area (Å²) in [4.78, 5) is 25.8. The zero-order valence-corrected chi connectivity index (χ0v) is 14.1. The Morgan fingerprint density at radius 1 is 1.19 bits per heavy atom. The van der Waals surface area contributed by atoms with Gasteiger partial charge in [-0.25, -0.2) is 4.98 Å². The number of hydrogen-bond donors (Lipinski definition) is 1. The van der Waals surface area contributed by atoms with E-state index in [9.17, 15) is 22.8 Å². The third-order valence-electron chi connectivity index (χ3n) is 3.62. The van der Waals surface area contributed by atoms with E-state index < -0.39 is 24.2 Å². The van der Waals surface area contributed by atoms with Crippen molar-refractivity contribution in [1.82, 2.24) is 10.3 Å². The maximum atomic E-state index is 12.5. The number of hydrogen-bond acceptors (Lipinski definition) is 4. The van der Waals surface area contributed by atoms with Crippen LogP contribution in [0.5, 0.6) is 5.75 Å². The van der Waals surface area contributed by atoms with Crippen LogP contribution in [0, 0.1) is 6.92 Å². The minimum Gasteiger partial charge on any atom is -0.482 e. The molecule has 1 N–H and O–H groups in total. The van der Waals surface area contributed by atoms with E-state index in [1.54, 1.807) is 24.3 Å². The monoisotopic (exact) mass is 366 g/mol. The summed E-state index contributed by atoms with van der Waals surface area (Å²) >= 11 is 0. The second kappa shape index (κ2) is 7.99. The summed E-state index contributed by atoms with van der Waals surface area (Å²) in [6, 6.07) is 8.93. The maximum absolute atomic E-state index is 12.5. The van der Waals surface area contributed by atoms with Crippen LogP contribution >= 0.6 is 0 Å². The standard InChI is InChI=1S/C18H17F3N2O3/c1-11-3-5-13(6-4-11)16(12(2)23-17(25)18(19,20)21)26-15-8-7-14(10-24)22-9-15/h3-10,12,16H,1-2H3,(H,23,25)/t12?,16-/m0/s1. The molecule has 1 aromatic carbocycles. The molecule has 138 valence electrons. The van der Waals surface area contributed by atoms with Crippen molar-refractivity contribution < 1.29 is 27.5 Å². The van der Waals surface area contributed by atoms with E-state index in [2.05, 4.69) is 4.98 Å². The Morgan fingerprint density at radius 2 is 1.85 bits per heavy atom. The summed E-state index contributed by atoms with van der Waals surface area (Å²) in [5.74, 6) is -1.78. The lowest BCUT2D eigenvalue weighted by molar-refractivity contribution is -0.174. The largest absolute Gasteiger partial charge is 0.482 e. The lowest BCUT2D eigenvalue weighted by Gasteiger charge is -2.27. The first-order valence-corrected chi connectivity index (χ1v) is 7.73. The van der Waals surface area contributed by atoms with Crippen LogP contribution in [0.25, 0.3) is 0 Å². The third kappa shape index (κ3) is 5.05. The van der Waals surface area contributed by atoms with Crippen molar-refractivity contribution in [1.29, 1.82) is 0 Å². The Balaban J connectivity index is 2.27. The number of halogens is 3. The summed E-state index contributed by atoms with van der Waals surface area (Å²) in [6.45, 7) is 3.29. The van der Waals surface area contributed by atoms with Gasteiger partial charge in [0.25, 0.3) is 0 Å². The summed E-state index contributed by atoms with van der Waals surface area (Å²) in [5.41, 5.74) is 1.75. The van der Waals surface area contributed by atoms with E-state index in [0.29, 0.717) is 11.8 Å². The maximum Gasteiger partial charge on any atom is 0.471 e. The molecule has 0 saturated heterocycles. The summed E-state index contributed by atoms with van der Waals surface area (Å²) in [7, 11) is 0. The molecule has 0 radical (unpaired) electrons. The van der Waals surface area contributed by atoms with Crippen LogP contribution < -0.4 is 10.1 Å². The van der Waals surface area contributed by atoms with Gasteiger partial charge < -0.3 is 10.1 Å². The Kier molecular flexibility index (Phi) is 5.97. The molecular formula is C18H17F3N2O3. The quantitative estimate of drug-likeness (QED) is 0.796. The van der Waals surface area contributed by atoms with E-state index in [0.717, 1.165) is 5.56 Å². The number of carbonyl (C=O) groups excluding carboxylic acids is 2. The molecule has 26 heavy (non-hydrogen) atoms. The van der Waals surface area contributed by atoms with Crippen molar-refractivity contribution in [2.45, 2.75) is 32.2 Å². The van der Waals surface area contributed by atoms with Gasteiger partial charge in [-0.15, -0.1) is 0 Å². The molecule has 0 aliphatic rings. The number of nitrogens with zero attached hydrogens (tertiary/aromatic N) is 1. The van der Waals surface area contributed by atoms with E-state index >= 15 is 0 Å². The normalized spacial score (nSPS) is 13.6. The van der Waals surface area contributed by atoms with E-state index in [1.165, 1.54) is 25.3 Å². The molecule has 0 bridgehead atoms. The van der Waals surface area contributed by atoms with Crippen molar-refractivity contribution in [2.24, 2.45) is 0 Å². The number of benzene rings is 1. The van der Waals surface area contributed by atoms with Gasteiger partial charge in [-0.3, -0.25) is 9.59 Å². The van der Waals surface area contributed by atoms with E-state index in [4.69, 9.17) is 4.74 Å². The summed E-state index contributed by atoms with van der Waals surface area (Å²) in [6.07, 6.45) is -4.01. The molecule has 8 heteroatoms. The first-order valence-electron chi connectivity index (χ1n) is 7.73. The highest BCUT2D eigenvalue weighted by Gasteiger charge is 2.40. The number of aryl methyl sites for hydroxylation is 1. The van der Waals surface area contributed by atoms with Crippen LogP contribution in [0.3, 0.4) is 0 Å². The topological polar surface area (TPSA) is 68.3 Å². The van der Waals surface area contributed by atoms with Crippen molar-refractivity contribution in [3.63, 3.8) is 0 Å². The summed E-state index contributed by atoms with van der Waals surface area (Å²) < 4.78 is 43.4. The minimum absolute atomic E-state index is 0.197. The van der Waals surface area contributed by atoms with Crippen molar-refractivity contribution in [2.75, 3.05) is 0 Å². The van der Waals surface area contributed by atoms with E-state index in [1.807, 2.05) is 12.2 Å². The second-order valence-corrected chi connectivity index (χ2v) is 5.75. The molecule has 0 fully saturated rings. The van der Waals surface area contributed by atoms with Crippen molar-refractivity contribution in [3.05, 3.63) is 59.4 Å². The first kappa shape index (κ1) is 19.4. The molecular weight excluding hydrogens is 349 g/mol. The Labute approximate surface area is 148 Å². The number of ether oxygens (including phenoxy) is 1.